The zero-order valence-electron chi connectivity index (χ0n) is 12.6. The van der Waals surface area contributed by atoms with E-state index in [1.54, 1.807) is 35.5 Å². The summed E-state index contributed by atoms with van der Waals surface area (Å²) in [5.74, 6) is -0.140. The molecular formula is C16H13N7O. The van der Waals surface area contributed by atoms with Gasteiger partial charge in [0.15, 0.2) is 11.3 Å². The molecule has 0 aliphatic rings. The number of rotatable bonds is 4. The molecule has 8 nitrogen and oxygen atoms in total. The number of anilines is 1. The van der Waals surface area contributed by atoms with Gasteiger partial charge in [0.05, 0.1) is 6.54 Å². The van der Waals surface area contributed by atoms with Crippen molar-refractivity contribution in [3.8, 4) is 0 Å². The number of aromatic nitrogens is 6. The summed E-state index contributed by atoms with van der Waals surface area (Å²) < 4.78 is 3.20. The number of carbonyl (C=O) groups excluding carboxylic acids is 1. The van der Waals surface area contributed by atoms with Crippen LogP contribution >= 0.6 is 0 Å². The average Bonchev–Trinajstić information content (AvgIpc) is 3.22. The van der Waals surface area contributed by atoms with Crippen LogP contribution in [0.15, 0.2) is 61.2 Å². The van der Waals surface area contributed by atoms with Crippen LogP contribution in [0, 0.1) is 0 Å². The third-order valence-electron chi connectivity index (χ3n) is 3.42. The van der Waals surface area contributed by atoms with Crippen LogP contribution in [0.25, 0.3) is 5.65 Å². The zero-order chi connectivity index (χ0) is 16.4. The van der Waals surface area contributed by atoms with Crippen LogP contribution in [0.5, 0.6) is 0 Å². The van der Waals surface area contributed by atoms with Gasteiger partial charge < -0.3 is 0 Å². The lowest BCUT2D eigenvalue weighted by atomic mass is 10.2. The normalized spacial score (nSPS) is 10.8. The fraction of sp³-hybridized carbons (Fsp3) is 0.0625. The molecule has 0 saturated carbocycles. The van der Waals surface area contributed by atoms with Crippen LogP contribution in [0.3, 0.4) is 0 Å². The Bertz CT molecular complexity index is 957. The summed E-state index contributed by atoms with van der Waals surface area (Å²) in [5.41, 5.74) is 1.96. The van der Waals surface area contributed by atoms with E-state index in [9.17, 15) is 4.79 Å². The molecule has 0 bridgehead atoms. The second-order valence-corrected chi connectivity index (χ2v) is 5.16. The molecule has 0 radical (unpaired) electrons. The van der Waals surface area contributed by atoms with Crippen LogP contribution < -0.4 is 5.32 Å². The predicted molar refractivity (Wildman–Crippen MR) is 86.5 cm³/mol. The van der Waals surface area contributed by atoms with Crippen LogP contribution in [-0.4, -0.2) is 35.3 Å². The molecule has 0 saturated heterocycles. The third-order valence-corrected chi connectivity index (χ3v) is 3.42. The van der Waals surface area contributed by atoms with E-state index in [4.69, 9.17) is 0 Å². The molecule has 3 aromatic heterocycles. The standard InChI is InChI=1S/C16H13N7O/c24-15(13-9-14-17-7-4-8-23(14)20-13)19-16-18-11-22(21-16)10-12-5-2-1-3-6-12/h1-9,11H,10H2,(H,19,21,24). The summed E-state index contributed by atoms with van der Waals surface area (Å²) in [6.07, 6.45) is 4.95. The second-order valence-electron chi connectivity index (χ2n) is 5.16. The van der Waals surface area contributed by atoms with Crippen molar-refractivity contribution in [2.45, 2.75) is 6.54 Å². The van der Waals surface area contributed by atoms with E-state index in [0.29, 0.717) is 12.2 Å². The third kappa shape index (κ3) is 2.84. The van der Waals surface area contributed by atoms with Crippen molar-refractivity contribution in [2.75, 3.05) is 5.32 Å². The quantitative estimate of drug-likeness (QED) is 0.617. The van der Waals surface area contributed by atoms with Gasteiger partial charge in [-0.2, -0.15) is 5.10 Å². The van der Waals surface area contributed by atoms with Crippen LogP contribution in [0.1, 0.15) is 16.1 Å². The molecule has 0 spiro atoms. The van der Waals surface area contributed by atoms with E-state index >= 15 is 0 Å². The van der Waals surface area contributed by atoms with E-state index in [0.717, 1.165) is 5.56 Å². The van der Waals surface area contributed by atoms with E-state index < -0.39 is 0 Å². The molecule has 0 aliphatic heterocycles. The second kappa shape index (κ2) is 5.92. The summed E-state index contributed by atoms with van der Waals surface area (Å²) in [7, 11) is 0. The predicted octanol–water partition coefficient (Wildman–Crippen LogP) is 1.62. The maximum absolute atomic E-state index is 12.2. The Balaban J connectivity index is 1.48. The van der Waals surface area contributed by atoms with Gasteiger partial charge in [0, 0.05) is 18.5 Å². The minimum atomic E-state index is -0.377. The summed E-state index contributed by atoms with van der Waals surface area (Å²) in [5, 5.41) is 11.1. The van der Waals surface area contributed by atoms with Gasteiger partial charge in [-0.25, -0.2) is 19.2 Å². The van der Waals surface area contributed by atoms with Gasteiger partial charge in [-0.3, -0.25) is 10.1 Å². The number of fused-ring (bicyclic) bond motifs is 1. The van der Waals surface area contributed by atoms with E-state index in [2.05, 4.69) is 25.5 Å². The topological polar surface area (TPSA) is 90.0 Å². The monoisotopic (exact) mass is 319 g/mol. The minimum absolute atomic E-state index is 0.237. The zero-order valence-corrected chi connectivity index (χ0v) is 12.6. The molecule has 4 rings (SSSR count). The summed E-state index contributed by atoms with van der Waals surface area (Å²) >= 11 is 0. The molecule has 1 amide bonds. The Labute approximate surface area is 136 Å². The van der Waals surface area contributed by atoms with Gasteiger partial charge in [0.1, 0.15) is 6.33 Å². The molecule has 24 heavy (non-hydrogen) atoms. The van der Waals surface area contributed by atoms with Gasteiger partial charge in [-0.15, -0.1) is 5.10 Å². The largest absolute Gasteiger partial charge is 0.288 e. The molecule has 3 heterocycles. The Morgan fingerprint density at radius 3 is 2.79 bits per heavy atom. The number of carbonyl (C=O) groups is 1. The lowest BCUT2D eigenvalue weighted by Gasteiger charge is -2.00. The van der Waals surface area contributed by atoms with Crippen LogP contribution in [0.4, 0.5) is 5.95 Å². The Morgan fingerprint density at radius 2 is 1.96 bits per heavy atom. The molecule has 1 aromatic carbocycles. The van der Waals surface area contributed by atoms with Gasteiger partial charge in [-0.05, 0) is 11.6 Å². The van der Waals surface area contributed by atoms with Crippen molar-refractivity contribution < 1.29 is 4.79 Å². The first kappa shape index (κ1) is 14.1. The van der Waals surface area contributed by atoms with Gasteiger partial charge >= 0.3 is 0 Å². The summed E-state index contributed by atoms with van der Waals surface area (Å²) in [6.45, 7) is 0.585. The first-order chi connectivity index (χ1) is 11.8. The molecular weight excluding hydrogens is 306 g/mol. The van der Waals surface area contributed by atoms with Crippen molar-refractivity contribution >= 4 is 17.5 Å². The highest BCUT2D eigenvalue weighted by atomic mass is 16.2. The molecule has 0 unspecified atom stereocenters. The molecule has 4 aromatic rings. The van der Waals surface area contributed by atoms with Crippen LogP contribution in [0.2, 0.25) is 0 Å². The molecule has 0 atom stereocenters. The SMILES string of the molecule is O=C(Nc1ncn(Cc2ccccc2)n1)c1cc2ncccn2n1. The molecule has 118 valence electrons. The molecule has 8 heteroatoms. The summed E-state index contributed by atoms with van der Waals surface area (Å²) in [4.78, 5) is 20.5. The lowest BCUT2D eigenvalue weighted by molar-refractivity contribution is 0.102. The van der Waals surface area contributed by atoms with E-state index in [-0.39, 0.29) is 17.5 Å². The first-order valence-corrected chi connectivity index (χ1v) is 7.33. The number of benzene rings is 1. The van der Waals surface area contributed by atoms with Crippen molar-refractivity contribution in [2.24, 2.45) is 0 Å². The number of hydrogen-bond donors (Lipinski definition) is 1. The maximum Gasteiger partial charge on any atom is 0.278 e. The fourth-order valence-electron chi connectivity index (χ4n) is 2.31. The smallest absolute Gasteiger partial charge is 0.278 e. The number of nitrogens with one attached hydrogen (secondary N) is 1. The fourth-order valence-corrected chi connectivity index (χ4v) is 2.31. The summed E-state index contributed by atoms with van der Waals surface area (Å²) in [6, 6.07) is 13.2. The molecule has 0 aliphatic carbocycles. The molecule has 0 fully saturated rings. The Morgan fingerprint density at radius 1 is 1.08 bits per heavy atom. The average molecular weight is 319 g/mol. The highest BCUT2D eigenvalue weighted by Crippen LogP contribution is 2.07. The number of nitrogens with zero attached hydrogens (tertiary/aromatic N) is 6. The Hall–Kier alpha value is -3.55. The number of amides is 1. The highest BCUT2D eigenvalue weighted by Gasteiger charge is 2.13. The number of hydrogen-bond acceptors (Lipinski definition) is 5. The van der Waals surface area contributed by atoms with Crippen molar-refractivity contribution in [1.29, 1.82) is 0 Å². The van der Waals surface area contributed by atoms with Crippen molar-refractivity contribution in [3.05, 3.63) is 72.4 Å². The first-order valence-electron chi connectivity index (χ1n) is 7.33. The van der Waals surface area contributed by atoms with E-state index in [1.807, 2.05) is 30.3 Å². The maximum atomic E-state index is 12.2. The van der Waals surface area contributed by atoms with Gasteiger partial charge in [-0.1, -0.05) is 30.3 Å². The lowest BCUT2D eigenvalue weighted by Crippen LogP contribution is -2.14. The van der Waals surface area contributed by atoms with Gasteiger partial charge in [0.2, 0.25) is 5.95 Å². The highest BCUT2D eigenvalue weighted by molar-refractivity contribution is 6.02. The Kier molecular flexibility index (Phi) is 3.47. The van der Waals surface area contributed by atoms with Gasteiger partial charge in [0.25, 0.3) is 5.91 Å². The van der Waals surface area contributed by atoms with E-state index in [1.165, 1.54) is 4.52 Å². The molecule has 1 N–H and O–H groups in total. The van der Waals surface area contributed by atoms with Crippen molar-refractivity contribution in [3.63, 3.8) is 0 Å². The minimum Gasteiger partial charge on any atom is -0.288 e. The van der Waals surface area contributed by atoms with Crippen molar-refractivity contribution in [1.82, 2.24) is 29.4 Å². The van der Waals surface area contributed by atoms with Crippen LogP contribution in [-0.2, 0) is 6.54 Å².